The van der Waals surface area contributed by atoms with Crippen molar-refractivity contribution in [2.75, 3.05) is 27.2 Å². The van der Waals surface area contributed by atoms with Gasteiger partial charge in [-0.3, -0.25) is 5.32 Å². The molecule has 0 saturated heterocycles. The van der Waals surface area contributed by atoms with E-state index in [1.807, 2.05) is 0 Å². The van der Waals surface area contributed by atoms with Crippen molar-refractivity contribution in [1.29, 1.82) is 5.26 Å². The molecule has 3 heteroatoms. The summed E-state index contributed by atoms with van der Waals surface area (Å²) in [6.07, 6.45) is 4.28. The molecule has 3 nitrogen and oxygen atoms in total. The van der Waals surface area contributed by atoms with Gasteiger partial charge in [-0.1, -0.05) is 13.8 Å². The van der Waals surface area contributed by atoms with Crippen LogP contribution in [0.4, 0.5) is 0 Å². The minimum atomic E-state index is -0.258. The maximum absolute atomic E-state index is 9.35. The van der Waals surface area contributed by atoms with E-state index < -0.39 is 0 Å². The standard InChI is InChI=1S/C13H25N3/c1-12(2)5-7-13(11-14,8-6-12)15-9-10-16(3)4/h15H,5-10H2,1-4H3. The summed E-state index contributed by atoms with van der Waals surface area (Å²) >= 11 is 0. The molecule has 1 fully saturated rings. The van der Waals surface area contributed by atoms with Crippen LogP contribution in [0.2, 0.25) is 0 Å². The predicted octanol–water partition coefficient (Wildman–Crippen LogP) is 2.00. The molecule has 0 heterocycles. The molecule has 0 unspecified atom stereocenters. The van der Waals surface area contributed by atoms with Crippen molar-refractivity contribution in [1.82, 2.24) is 10.2 Å². The summed E-state index contributed by atoms with van der Waals surface area (Å²) in [6.45, 7) is 6.50. The van der Waals surface area contributed by atoms with Gasteiger partial charge in [0.05, 0.1) is 6.07 Å². The third-order valence-electron chi connectivity index (χ3n) is 3.69. The smallest absolute Gasteiger partial charge is 0.106 e. The number of rotatable bonds is 4. The topological polar surface area (TPSA) is 39.1 Å². The molecule has 1 saturated carbocycles. The van der Waals surface area contributed by atoms with Crippen LogP contribution in [0.3, 0.4) is 0 Å². The Hall–Kier alpha value is -0.590. The van der Waals surface area contributed by atoms with E-state index in [-0.39, 0.29) is 5.54 Å². The normalized spacial score (nSPS) is 23.0. The maximum atomic E-state index is 9.35. The second kappa shape index (κ2) is 5.16. The molecule has 0 amide bonds. The summed E-state index contributed by atoms with van der Waals surface area (Å²) in [7, 11) is 4.12. The number of nitriles is 1. The van der Waals surface area contributed by atoms with Crippen LogP contribution in [0.15, 0.2) is 0 Å². The van der Waals surface area contributed by atoms with Crippen molar-refractivity contribution < 1.29 is 0 Å². The molecule has 16 heavy (non-hydrogen) atoms. The van der Waals surface area contributed by atoms with Gasteiger partial charge in [0.15, 0.2) is 0 Å². The summed E-state index contributed by atoms with van der Waals surface area (Å²) in [5.41, 5.74) is 0.162. The summed E-state index contributed by atoms with van der Waals surface area (Å²) < 4.78 is 0. The monoisotopic (exact) mass is 223 g/mol. The van der Waals surface area contributed by atoms with Gasteiger partial charge in [0.2, 0.25) is 0 Å². The van der Waals surface area contributed by atoms with Crippen LogP contribution >= 0.6 is 0 Å². The Bertz CT molecular complexity index is 253. The van der Waals surface area contributed by atoms with Crippen LogP contribution in [0.25, 0.3) is 0 Å². The first-order valence-corrected chi connectivity index (χ1v) is 6.20. The fraction of sp³-hybridized carbons (Fsp3) is 0.923. The van der Waals surface area contributed by atoms with Crippen molar-refractivity contribution in [3.8, 4) is 6.07 Å². The highest BCUT2D eigenvalue weighted by atomic mass is 15.1. The first-order valence-electron chi connectivity index (χ1n) is 6.20. The van der Waals surface area contributed by atoms with Gasteiger partial charge in [-0.25, -0.2) is 0 Å². The quantitative estimate of drug-likeness (QED) is 0.792. The van der Waals surface area contributed by atoms with Crippen molar-refractivity contribution in [3.63, 3.8) is 0 Å². The van der Waals surface area contributed by atoms with E-state index >= 15 is 0 Å². The second-order valence-corrected chi connectivity index (χ2v) is 6.09. The number of likely N-dealkylation sites (N-methyl/N-ethyl adjacent to an activating group) is 1. The van der Waals surface area contributed by atoms with Gasteiger partial charge < -0.3 is 4.90 Å². The number of nitrogens with one attached hydrogen (secondary N) is 1. The molecule has 0 aromatic heterocycles. The lowest BCUT2D eigenvalue weighted by molar-refractivity contribution is 0.168. The first kappa shape index (κ1) is 13.5. The molecule has 0 radical (unpaired) electrons. The van der Waals surface area contributed by atoms with Crippen LogP contribution in [-0.4, -0.2) is 37.6 Å². The minimum Gasteiger partial charge on any atom is -0.308 e. The zero-order chi connectivity index (χ0) is 12.2. The Kier molecular flexibility index (Phi) is 4.35. The van der Waals surface area contributed by atoms with Crippen LogP contribution in [-0.2, 0) is 0 Å². The molecular weight excluding hydrogens is 198 g/mol. The van der Waals surface area contributed by atoms with Gasteiger partial charge in [-0.05, 0) is 45.2 Å². The molecule has 1 aliphatic carbocycles. The number of hydrogen-bond donors (Lipinski definition) is 1. The predicted molar refractivity (Wildman–Crippen MR) is 67.1 cm³/mol. The molecule has 1 rings (SSSR count). The van der Waals surface area contributed by atoms with Gasteiger partial charge in [0.1, 0.15) is 5.54 Å². The molecule has 0 spiro atoms. The molecule has 92 valence electrons. The Labute approximate surface area is 99.8 Å². The molecule has 1 aliphatic rings. The fourth-order valence-electron chi connectivity index (χ4n) is 2.20. The molecular formula is C13H25N3. The van der Waals surface area contributed by atoms with Gasteiger partial charge in [-0.15, -0.1) is 0 Å². The van der Waals surface area contributed by atoms with Gasteiger partial charge in [-0.2, -0.15) is 5.26 Å². The Morgan fingerprint density at radius 1 is 1.19 bits per heavy atom. The second-order valence-electron chi connectivity index (χ2n) is 6.09. The molecule has 0 aromatic rings. The van der Waals surface area contributed by atoms with Crippen LogP contribution in [0.1, 0.15) is 39.5 Å². The summed E-state index contributed by atoms with van der Waals surface area (Å²) in [4.78, 5) is 2.14. The van der Waals surface area contributed by atoms with Gasteiger partial charge in [0, 0.05) is 13.1 Å². The van der Waals surface area contributed by atoms with E-state index in [9.17, 15) is 5.26 Å². The summed E-state index contributed by atoms with van der Waals surface area (Å²) in [5, 5.41) is 12.8. The minimum absolute atomic E-state index is 0.258. The number of nitrogens with zero attached hydrogens (tertiary/aromatic N) is 2. The van der Waals surface area contributed by atoms with E-state index in [4.69, 9.17) is 0 Å². The largest absolute Gasteiger partial charge is 0.308 e. The maximum Gasteiger partial charge on any atom is 0.106 e. The first-order chi connectivity index (χ1) is 7.39. The molecule has 0 aromatic carbocycles. The van der Waals surface area contributed by atoms with Crippen LogP contribution < -0.4 is 5.32 Å². The van der Waals surface area contributed by atoms with E-state index in [1.165, 1.54) is 0 Å². The van der Waals surface area contributed by atoms with E-state index in [0.717, 1.165) is 38.8 Å². The third kappa shape index (κ3) is 3.77. The molecule has 1 N–H and O–H groups in total. The highest BCUT2D eigenvalue weighted by Crippen LogP contribution is 2.39. The van der Waals surface area contributed by atoms with E-state index in [0.29, 0.717) is 5.41 Å². The van der Waals surface area contributed by atoms with Crippen LogP contribution in [0.5, 0.6) is 0 Å². The zero-order valence-corrected chi connectivity index (χ0v) is 11.1. The van der Waals surface area contributed by atoms with Crippen molar-refractivity contribution >= 4 is 0 Å². The lowest BCUT2D eigenvalue weighted by atomic mass is 9.70. The fourth-order valence-corrected chi connectivity index (χ4v) is 2.20. The lowest BCUT2D eigenvalue weighted by Gasteiger charge is -2.40. The zero-order valence-electron chi connectivity index (χ0n) is 11.1. The Balaban J connectivity index is 2.45. The van der Waals surface area contributed by atoms with Crippen molar-refractivity contribution in [2.24, 2.45) is 5.41 Å². The Morgan fingerprint density at radius 2 is 1.75 bits per heavy atom. The van der Waals surface area contributed by atoms with Crippen LogP contribution in [0, 0.1) is 16.7 Å². The van der Waals surface area contributed by atoms with Crippen molar-refractivity contribution in [3.05, 3.63) is 0 Å². The number of hydrogen-bond acceptors (Lipinski definition) is 3. The van der Waals surface area contributed by atoms with Crippen molar-refractivity contribution in [2.45, 2.75) is 45.1 Å². The summed E-state index contributed by atoms with van der Waals surface area (Å²) in [6, 6.07) is 2.50. The lowest BCUT2D eigenvalue weighted by Crippen LogP contribution is -2.49. The Morgan fingerprint density at radius 3 is 2.19 bits per heavy atom. The van der Waals surface area contributed by atoms with Gasteiger partial charge in [0.25, 0.3) is 0 Å². The van der Waals surface area contributed by atoms with E-state index in [2.05, 4.69) is 44.2 Å². The average molecular weight is 223 g/mol. The molecule has 0 aliphatic heterocycles. The third-order valence-corrected chi connectivity index (χ3v) is 3.69. The highest BCUT2D eigenvalue weighted by molar-refractivity contribution is 5.10. The average Bonchev–Trinajstić information content (AvgIpc) is 2.21. The van der Waals surface area contributed by atoms with E-state index in [1.54, 1.807) is 0 Å². The highest BCUT2D eigenvalue weighted by Gasteiger charge is 2.37. The summed E-state index contributed by atoms with van der Waals surface area (Å²) in [5.74, 6) is 0. The van der Waals surface area contributed by atoms with Gasteiger partial charge >= 0.3 is 0 Å². The molecule has 0 atom stereocenters. The SMILES string of the molecule is CN(C)CCNC1(C#N)CCC(C)(C)CC1. The molecule has 0 bridgehead atoms.